The summed E-state index contributed by atoms with van der Waals surface area (Å²) in [7, 11) is 1.61. The molecule has 5 rings (SSSR count). The highest BCUT2D eigenvalue weighted by molar-refractivity contribution is 6.08. The van der Waals surface area contributed by atoms with Gasteiger partial charge in [0.1, 0.15) is 23.7 Å². The first kappa shape index (κ1) is 20.2. The summed E-state index contributed by atoms with van der Waals surface area (Å²) in [5.41, 5.74) is 3.83. The lowest BCUT2D eigenvalue weighted by molar-refractivity contribution is -0.126. The van der Waals surface area contributed by atoms with Crippen molar-refractivity contribution in [2.45, 2.75) is 18.2 Å². The summed E-state index contributed by atoms with van der Waals surface area (Å²) in [5, 5.41) is 17.3. The third kappa shape index (κ3) is 3.30. The van der Waals surface area contributed by atoms with E-state index in [1.807, 2.05) is 42.5 Å². The highest BCUT2D eigenvalue weighted by atomic mass is 16.5. The van der Waals surface area contributed by atoms with Crippen LogP contribution in [-0.4, -0.2) is 46.1 Å². The monoisotopic (exact) mass is 430 g/mol. The van der Waals surface area contributed by atoms with Crippen LogP contribution in [0.15, 0.2) is 72.9 Å². The van der Waals surface area contributed by atoms with Gasteiger partial charge in [0.2, 0.25) is 11.8 Å². The summed E-state index contributed by atoms with van der Waals surface area (Å²) in [6.07, 6.45) is 4.09. The molecule has 3 aromatic rings. The number of methoxy groups -OCH3 is 1. The van der Waals surface area contributed by atoms with Crippen LogP contribution in [0.1, 0.15) is 11.7 Å². The molecule has 4 unspecified atom stereocenters. The van der Waals surface area contributed by atoms with Gasteiger partial charge < -0.3 is 15.3 Å². The second kappa shape index (κ2) is 8.07. The number of benzene rings is 2. The molecule has 162 valence electrons. The van der Waals surface area contributed by atoms with Gasteiger partial charge in [0.25, 0.3) is 0 Å². The average molecular weight is 430 g/mol. The van der Waals surface area contributed by atoms with Gasteiger partial charge in [-0.1, -0.05) is 48.6 Å². The number of rotatable bonds is 5. The second-order valence-electron chi connectivity index (χ2n) is 7.78. The third-order valence-electron chi connectivity index (χ3n) is 5.98. The van der Waals surface area contributed by atoms with Gasteiger partial charge >= 0.3 is 0 Å². The predicted molar refractivity (Wildman–Crippen MR) is 119 cm³/mol. The van der Waals surface area contributed by atoms with Crippen molar-refractivity contribution in [3.05, 3.63) is 78.5 Å². The normalized spacial score (nSPS) is 23.6. The van der Waals surface area contributed by atoms with Crippen LogP contribution in [0, 0.1) is 5.92 Å². The van der Waals surface area contributed by atoms with Crippen molar-refractivity contribution in [1.29, 1.82) is 0 Å². The van der Waals surface area contributed by atoms with E-state index in [4.69, 9.17) is 4.74 Å². The molecule has 8 nitrogen and oxygen atoms in total. The van der Waals surface area contributed by atoms with Crippen LogP contribution in [0.5, 0.6) is 5.75 Å². The Morgan fingerprint density at radius 1 is 1.03 bits per heavy atom. The molecule has 1 fully saturated rings. The van der Waals surface area contributed by atoms with Crippen LogP contribution in [0.3, 0.4) is 0 Å². The molecular formula is C24H22N4O4. The van der Waals surface area contributed by atoms with Crippen LogP contribution in [-0.2, 0) is 9.59 Å². The van der Waals surface area contributed by atoms with E-state index in [0.717, 1.165) is 10.8 Å². The number of amides is 2. The van der Waals surface area contributed by atoms with Gasteiger partial charge in [-0.3, -0.25) is 14.9 Å². The van der Waals surface area contributed by atoms with E-state index in [-0.39, 0.29) is 5.91 Å². The number of aliphatic hydroxyl groups is 1. The van der Waals surface area contributed by atoms with Crippen molar-refractivity contribution in [2.24, 2.45) is 5.92 Å². The number of hydrogen-bond donors (Lipinski definition) is 3. The number of carbonyl (C=O) groups is 2. The quantitative estimate of drug-likeness (QED) is 0.421. The number of hydrogen-bond acceptors (Lipinski definition) is 7. The maximum Gasteiger partial charge on any atom is 0.246 e. The molecule has 3 heterocycles. The average Bonchev–Trinajstić information content (AvgIpc) is 3.12. The third-order valence-corrected chi connectivity index (χ3v) is 5.98. The SMILES string of the molecule is COc1ccc(C(O)C2C=CC3C(=O)NC(=O)C3N2Nc2ccccn2)c2ccccc12. The zero-order valence-electron chi connectivity index (χ0n) is 17.3. The van der Waals surface area contributed by atoms with Gasteiger partial charge in [0.15, 0.2) is 0 Å². The van der Waals surface area contributed by atoms with Crippen LogP contribution in [0.4, 0.5) is 5.82 Å². The van der Waals surface area contributed by atoms with Crippen molar-refractivity contribution in [3.63, 3.8) is 0 Å². The van der Waals surface area contributed by atoms with Crippen molar-refractivity contribution < 1.29 is 19.4 Å². The van der Waals surface area contributed by atoms with Gasteiger partial charge in [-0.2, -0.15) is 5.01 Å². The smallest absolute Gasteiger partial charge is 0.246 e. The molecule has 0 aliphatic carbocycles. The fourth-order valence-corrected chi connectivity index (χ4v) is 4.47. The minimum atomic E-state index is -0.997. The van der Waals surface area contributed by atoms with E-state index in [2.05, 4.69) is 15.7 Å². The molecule has 2 aromatic carbocycles. The summed E-state index contributed by atoms with van der Waals surface area (Å²) < 4.78 is 5.47. The molecular weight excluding hydrogens is 408 g/mol. The predicted octanol–water partition coefficient (Wildman–Crippen LogP) is 2.19. The standard InChI is InChI=1S/C24H22N4O4/c1-32-19-12-10-16(14-6-2-3-7-15(14)19)22(29)18-11-9-17-21(24(31)26-23(17)30)28(18)27-20-8-4-5-13-25-20/h2-13,17-18,21-22,29H,1H3,(H,25,27)(H,26,30,31). The first-order chi connectivity index (χ1) is 15.6. The molecule has 2 aliphatic rings. The Labute approximate surface area is 184 Å². The number of hydrazine groups is 1. The fourth-order valence-electron chi connectivity index (χ4n) is 4.47. The van der Waals surface area contributed by atoms with Gasteiger partial charge in [-0.15, -0.1) is 0 Å². The molecule has 1 saturated heterocycles. The van der Waals surface area contributed by atoms with Gasteiger partial charge in [0.05, 0.1) is 19.1 Å². The zero-order valence-corrected chi connectivity index (χ0v) is 17.3. The Balaban J connectivity index is 1.58. The van der Waals surface area contributed by atoms with Crippen LogP contribution < -0.4 is 15.5 Å². The number of imide groups is 1. The number of pyridine rings is 1. The number of aliphatic hydroxyl groups excluding tert-OH is 1. The van der Waals surface area contributed by atoms with E-state index in [1.54, 1.807) is 42.6 Å². The van der Waals surface area contributed by atoms with Crippen LogP contribution in [0.25, 0.3) is 10.8 Å². The molecule has 2 aliphatic heterocycles. The van der Waals surface area contributed by atoms with E-state index in [9.17, 15) is 14.7 Å². The Morgan fingerprint density at radius 3 is 2.56 bits per heavy atom. The highest BCUT2D eigenvalue weighted by Crippen LogP contribution is 2.37. The molecule has 0 saturated carbocycles. The molecule has 32 heavy (non-hydrogen) atoms. The number of nitrogens with zero attached hydrogens (tertiary/aromatic N) is 2. The topological polar surface area (TPSA) is 104 Å². The minimum absolute atomic E-state index is 0.355. The van der Waals surface area contributed by atoms with Crippen molar-refractivity contribution >= 4 is 28.4 Å². The Kier molecular flexibility index (Phi) is 5.08. The summed E-state index contributed by atoms with van der Waals surface area (Å²) in [6, 6.07) is 15.2. The lowest BCUT2D eigenvalue weighted by atomic mass is 9.89. The molecule has 4 atom stereocenters. The largest absolute Gasteiger partial charge is 0.496 e. The van der Waals surface area contributed by atoms with Crippen molar-refractivity contribution in [2.75, 3.05) is 12.5 Å². The van der Waals surface area contributed by atoms with Gasteiger partial charge in [-0.05, 0) is 29.1 Å². The maximum absolute atomic E-state index is 12.7. The number of fused-ring (bicyclic) bond motifs is 2. The second-order valence-corrected chi connectivity index (χ2v) is 7.78. The lowest BCUT2D eigenvalue weighted by Gasteiger charge is -2.40. The van der Waals surface area contributed by atoms with Crippen molar-refractivity contribution in [1.82, 2.24) is 15.3 Å². The van der Waals surface area contributed by atoms with E-state index < -0.39 is 30.0 Å². The van der Waals surface area contributed by atoms with E-state index in [1.165, 1.54) is 0 Å². The summed E-state index contributed by atoms with van der Waals surface area (Å²) in [5.74, 6) is -0.197. The Hall–Kier alpha value is -3.75. The number of aromatic nitrogens is 1. The summed E-state index contributed by atoms with van der Waals surface area (Å²) in [4.78, 5) is 29.2. The van der Waals surface area contributed by atoms with Gasteiger partial charge in [0, 0.05) is 11.6 Å². The number of ether oxygens (including phenoxy) is 1. The summed E-state index contributed by atoms with van der Waals surface area (Å²) in [6.45, 7) is 0. The summed E-state index contributed by atoms with van der Waals surface area (Å²) >= 11 is 0. The Bertz CT molecular complexity index is 1210. The molecule has 0 radical (unpaired) electrons. The number of nitrogens with one attached hydrogen (secondary N) is 2. The van der Waals surface area contributed by atoms with Gasteiger partial charge in [-0.25, -0.2) is 4.98 Å². The van der Waals surface area contributed by atoms with E-state index in [0.29, 0.717) is 17.1 Å². The zero-order chi connectivity index (χ0) is 22.2. The molecule has 0 spiro atoms. The fraction of sp³-hybridized carbons (Fsp3) is 0.208. The van der Waals surface area contributed by atoms with Crippen LogP contribution in [0.2, 0.25) is 0 Å². The Morgan fingerprint density at radius 2 is 1.81 bits per heavy atom. The lowest BCUT2D eigenvalue weighted by Crippen LogP contribution is -2.55. The number of carbonyl (C=O) groups excluding carboxylic acids is 2. The number of anilines is 1. The van der Waals surface area contributed by atoms with E-state index >= 15 is 0 Å². The molecule has 0 bridgehead atoms. The first-order valence-corrected chi connectivity index (χ1v) is 10.3. The highest BCUT2D eigenvalue weighted by Gasteiger charge is 2.49. The van der Waals surface area contributed by atoms with Crippen molar-refractivity contribution in [3.8, 4) is 5.75 Å². The maximum atomic E-state index is 12.7. The van der Waals surface area contributed by atoms with Crippen LogP contribution >= 0.6 is 0 Å². The molecule has 1 aromatic heterocycles. The molecule has 2 amide bonds. The minimum Gasteiger partial charge on any atom is -0.496 e. The molecule has 8 heteroatoms. The molecule has 3 N–H and O–H groups in total. The first-order valence-electron chi connectivity index (χ1n) is 10.3.